The first-order chi connectivity index (χ1) is 7.88. The van der Waals surface area contributed by atoms with E-state index >= 15 is 0 Å². The summed E-state index contributed by atoms with van der Waals surface area (Å²) in [6, 6.07) is 9.33. The van der Waals surface area contributed by atoms with Crippen molar-refractivity contribution in [2.45, 2.75) is 32.0 Å². The minimum atomic E-state index is 0.616. The summed E-state index contributed by atoms with van der Waals surface area (Å²) in [6.07, 6.45) is 4.45. The lowest BCUT2D eigenvalue weighted by Gasteiger charge is -2.06. The first kappa shape index (κ1) is 11.4. The number of nitrogens with one attached hydrogen (secondary N) is 1. The van der Waals surface area contributed by atoms with Crippen molar-refractivity contribution >= 4 is 0 Å². The van der Waals surface area contributed by atoms with E-state index in [-0.39, 0.29) is 0 Å². The molecule has 1 aromatic rings. The van der Waals surface area contributed by atoms with Gasteiger partial charge in [-0.2, -0.15) is 0 Å². The molecule has 16 heavy (non-hydrogen) atoms. The van der Waals surface area contributed by atoms with Gasteiger partial charge in [-0.1, -0.05) is 30.3 Å². The van der Waals surface area contributed by atoms with Crippen LogP contribution in [0.15, 0.2) is 36.9 Å². The Labute approximate surface area is 97.3 Å². The van der Waals surface area contributed by atoms with Crippen molar-refractivity contribution in [3.8, 4) is 0 Å². The average molecular weight is 217 g/mol. The normalized spacial score (nSPS) is 15.0. The van der Waals surface area contributed by atoms with Crippen LogP contribution >= 0.6 is 0 Å². The summed E-state index contributed by atoms with van der Waals surface area (Å²) in [6.45, 7) is 5.89. The molecule has 2 rings (SSSR count). The average Bonchev–Trinajstić information content (AvgIpc) is 3.11. The van der Waals surface area contributed by atoms with Crippen LogP contribution in [0.2, 0.25) is 0 Å². The molecule has 0 radical (unpaired) electrons. The molecule has 2 nitrogen and oxygen atoms in total. The Morgan fingerprint density at radius 1 is 1.38 bits per heavy atom. The Morgan fingerprint density at radius 3 is 2.94 bits per heavy atom. The molecule has 1 fully saturated rings. The molecule has 0 heterocycles. The quantitative estimate of drug-likeness (QED) is 0.560. The fourth-order valence-corrected chi connectivity index (χ4v) is 1.64. The van der Waals surface area contributed by atoms with E-state index in [1.807, 2.05) is 0 Å². The molecule has 1 aliphatic rings. The van der Waals surface area contributed by atoms with Crippen LogP contribution in [0.3, 0.4) is 0 Å². The van der Waals surface area contributed by atoms with Crippen LogP contribution in [0.4, 0.5) is 0 Å². The molecular formula is C14H19NO. The molecule has 86 valence electrons. The molecule has 1 saturated carbocycles. The van der Waals surface area contributed by atoms with Gasteiger partial charge in [-0.05, 0) is 24.0 Å². The van der Waals surface area contributed by atoms with E-state index in [2.05, 4.69) is 36.2 Å². The lowest BCUT2D eigenvalue weighted by atomic mass is 10.1. The van der Waals surface area contributed by atoms with E-state index in [0.717, 1.165) is 12.6 Å². The summed E-state index contributed by atoms with van der Waals surface area (Å²) in [5.74, 6) is 0. The van der Waals surface area contributed by atoms with Crippen LogP contribution < -0.4 is 5.32 Å². The molecule has 1 aliphatic carbocycles. The second-order valence-electron chi connectivity index (χ2n) is 4.28. The summed E-state index contributed by atoms with van der Waals surface area (Å²) in [7, 11) is 0. The molecule has 0 unspecified atom stereocenters. The highest BCUT2D eigenvalue weighted by atomic mass is 16.5. The highest BCUT2D eigenvalue weighted by Crippen LogP contribution is 2.19. The van der Waals surface area contributed by atoms with Crippen LogP contribution in [0, 0.1) is 0 Å². The van der Waals surface area contributed by atoms with Crippen LogP contribution in [0.5, 0.6) is 0 Å². The summed E-state index contributed by atoms with van der Waals surface area (Å²) in [5.41, 5.74) is 2.57. The number of rotatable bonds is 7. The monoisotopic (exact) mass is 217 g/mol. The van der Waals surface area contributed by atoms with Crippen molar-refractivity contribution < 1.29 is 4.74 Å². The lowest BCUT2D eigenvalue weighted by Crippen LogP contribution is -2.15. The third kappa shape index (κ3) is 3.80. The maximum atomic E-state index is 5.42. The van der Waals surface area contributed by atoms with Gasteiger partial charge in [0.1, 0.15) is 0 Å². The number of hydrogen-bond donors (Lipinski definition) is 1. The smallest absolute Gasteiger partial charge is 0.0721 e. The van der Waals surface area contributed by atoms with Crippen molar-refractivity contribution in [3.63, 3.8) is 0 Å². The zero-order valence-corrected chi connectivity index (χ0v) is 9.61. The Hall–Kier alpha value is -1.12. The van der Waals surface area contributed by atoms with Gasteiger partial charge in [-0.3, -0.25) is 0 Å². The molecule has 0 aromatic heterocycles. The van der Waals surface area contributed by atoms with Gasteiger partial charge in [0.2, 0.25) is 0 Å². The van der Waals surface area contributed by atoms with Crippen molar-refractivity contribution in [2.75, 3.05) is 6.61 Å². The van der Waals surface area contributed by atoms with Gasteiger partial charge in [-0.15, -0.1) is 6.58 Å². The predicted molar refractivity (Wildman–Crippen MR) is 66.2 cm³/mol. The number of ether oxygens (including phenoxy) is 1. The van der Waals surface area contributed by atoms with Gasteiger partial charge in [0.15, 0.2) is 0 Å². The van der Waals surface area contributed by atoms with Gasteiger partial charge < -0.3 is 10.1 Å². The fourth-order valence-electron chi connectivity index (χ4n) is 1.64. The van der Waals surface area contributed by atoms with E-state index in [1.54, 1.807) is 6.08 Å². The molecule has 0 spiro atoms. The second kappa shape index (κ2) is 5.83. The maximum absolute atomic E-state index is 5.42. The van der Waals surface area contributed by atoms with Crippen LogP contribution in [-0.2, 0) is 17.9 Å². The van der Waals surface area contributed by atoms with Crippen molar-refractivity contribution in [3.05, 3.63) is 48.0 Å². The molecule has 0 amide bonds. The Bertz CT molecular complexity index is 344. The van der Waals surface area contributed by atoms with Crippen molar-refractivity contribution in [2.24, 2.45) is 0 Å². The summed E-state index contributed by atoms with van der Waals surface area (Å²) in [4.78, 5) is 0. The molecule has 1 aromatic carbocycles. The van der Waals surface area contributed by atoms with E-state index in [0.29, 0.717) is 13.2 Å². The maximum Gasteiger partial charge on any atom is 0.0721 e. The Balaban J connectivity index is 1.82. The highest BCUT2D eigenvalue weighted by molar-refractivity contribution is 5.23. The molecule has 0 aliphatic heterocycles. The summed E-state index contributed by atoms with van der Waals surface area (Å²) in [5, 5.41) is 3.51. The lowest BCUT2D eigenvalue weighted by molar-refractivity contribution is 0.149. The zero-order valence-electron chi connectivity index (χ0n) is 9.61. The van der Waals surface area contributed by atoms with E-state index < -0.39 is 0 Å². The number of hydrogen-bond acceptors (Lipinski definition) is 2. The minimum Gasteiger partial charge on any atom is -0.373 e. The predicted octanol–water partition coefficient (Wildman–Crippen LogP) is 2.64. The second-order valence-corrected chi connectivity index (χ2v) is 4.28. The van der Waals surface area contributed by atoms with E-state index in [4.69, 9.17) is 4.74 Å². The van der Waals surface area contributed by atoms with Crippen LogP contribution in [-0.4, -0.2) is 12.6 Å². The Morgan fingerprint density at radius 2 is 2.19 bits per heavy atom. The molecule has 2 heteroatoms. The van der Waals surface area contributed by atoms with Crippen molar-refractivity contribution in [1.29, 1.82) is 0 Å². The van der Waals surface area contributed by atoms with Crippen molar-refractivity contribution in [1.82, 2.24) is 5.32 Å². The SMILES string of the molecule is C=CCOCc1cccc(CNC2CC2)c1. The summed E-state index contributed by atoms with van der Waals surface area (Å²) < 4.78 is 5.42. The van der Waals surface area contributed by atoms with E-state index in [9.17, 15) is 0 Å². The largest absolute Gasteiger partial charge is 0.373 e. The van der Waals surface area contributed by atoms with Gasteiger partial charge in [-0.25, -0.2) is 0 Å². The van der Waals surface area contributed by atoms with Gasteiger partial charge in [0.05, 0.1) is 13.2 Å². The van der Waals surface area contributed by atoms with Crippen LogP contribution in [0.25, 0.3) is 0 Å². The Kier molecular flexibility index (Phi) is 4.14. The number of benzene rings is 1. The topological polar surface area (TPSA) is 21.3 Å². The third-order valence-electron chi connectivity index (χ3n) is 2.67. The molecule has 0 bridgehead atoms. The van der Waals surface area contributed by atoms with Gasteiger partial charge in [0, 0.05) is 12.6 Å². The first-order valence-electron chi connectivity index (χ1n) is 5.88. The van der Waals surface area contributed by atoms with Gasteiger partial charge in [0.25, 0.3) is 0 Å². The first-order valence-corrected chi connectivity index (χ1v) is 5.88. The standard InChI is InChI=1S/C14H19NO/c1-2-8-16-11-13-5-3-4-12(9-13)10-15-14-6-7-14/h2-5,9,14-15H,1,6-8,10-11H2. The van der Waals surface area contributed by atoms with Crippen LogP contribution in [0.1, 0.15) is 24.0 Å². The minimum absolute atomic E-state index is 0.616. The third-order valence-corrected chi connectivity index (χ3v) is 2.67. The molecular weight excluding hydrogens is 198 g/mol. The zero-order chi connectivity index (χ0) is 11.2. The fraction of sp³-hybridized carbons (Fsp3) is 0.429. The molecule has 1 N–H and O–H groups in total. The summed E-state index contributed by atoms with van der Waals surface area (Å²) >= 11 is 0. The highest BCUT2D eigenvalue weighted by Gasteiger charge is 2.19. The van der Waals surface area contributed by atoms with Gasteiger partial charge >= 0.3 is 0 Å². The molecule has 0 atom stereocenters. The van der Waals surface area contributed by atoms with E-state index in [1.165, 1.54) is 24.0 Å². The molecule has 0 saturated heterocycles.